The molecule has 0 atom stereocenters. The first-order chi connectivity index (χ1) is 10.4. The SMILES string of the molecule is COc1nc2sccn2c1CNc1cccc2cn[nH]c12. The van der Waals surface area contributed by atoms with E-state index in [0.717, 1.165) is 27.2 Å². The van der Waals surface area contributed by atoms with Crippen molar-refractivity contribution in [1.29, 1.82) is 0 Å². The van der Waals surface area contributed by atoms with Gasteiger partial charge in [0, 0.05) is 17.0 Å². The van der Waals surface area contributed by atoms with Gasteiger partial charge in [-0.25, -0.2) is 0 Å². The molecule has 0 amide bonds. The summed E-state index contributed by atoms with van der Waals surface area (Å²) in [5.74, 6) is 0.658. The Kier molecular flexibility index (Phi) is 2.78. The number of anilines is 1. The number of hydrogen-bond donors (Lipinski definition) is 2. The van der Waals surface area contributed by atoms with Crippen LogP contribution in [-0.2, 0) is 6.54 Å². The normalized spacial score (nSPS) is 11.3. The third-order valence-electron chi connectivity index (χ3n) is 3.44. The van der Waals surface area contributed by atoms with Crippen molar-refractivity contribution < 1.29 is 4.74 Å². The number of H-pyrrole nitrogens is 1. The molecule has 0 radical (unpaired) electrons. The molecule has 4 aromatic rings. The van der Waals surface area contributed by atoms with Crippen molar-refractivity contribution in [2.45, 2.75) is 6.54 Å². The largest absolute Gasteiger partial charge is 0.480 e. The molecule has 106 valence electrons. The number of benzene rings is 1. The molecule has 0 spiro atoms. The van der Waals surface area contributed by atoms with Gasteiger partial charge in [0.1, 0.15) is 5.69 Å². The quantitative estimate of drug-likeness (QED) is 0.608. The highest BCUT2D eigenvalue weighted by atomic mass is 32.1. The molecule has 0 saturated carbocycles. The van der Waals surface area contributed by atoms with Crippen LogP contribution in [0.3, 0.4) is 0 Å². The standard InChI is InChI=1S/C14H13N5OS/c1-20-13-11(19-5-6-21-14(19)17-13)8-15-10-4-2-3-9-7-16-18-12(9)10/h2-7,15H,8H2,1H3,(H,16,18). The van der Waals surface area contributed by atoms with Crippen LogP contribution >= 0.6 is 11.3 Å². The van der Waals surface area contributed by atoms with Crippen LogP contribution in [-0.4, -0.2) is 26.7 Å². The Balaban J connectivity index is 1.69. The lowest BCUT2D eigenvalue weighted by Crippen LogP contribution is -2.04. The number of rotatable bonds is 4. The minimum absolute atomic E-state index is 0.624. The molecule has 0 aliphatic rings. The van der Waals surface area contributed by atoms with E-state index in [9.17, 15) is 0 Å². The third-order valence-corrected chi connectivity index (χ3v) is 4.20. The zero-order valence-electron chi connectivity index (χ0n) is 11.3. The fourth-order valence-corrected chi connectivity index (χ4v) is 3.16. The van der Waals surface area contributed by atoms with Crippen LogP contribution in [0.1, 0.15) is 5.69 Å². The third kappa shape index (κ3) is 1.93. The van der Waals surface area contributed by atoms with Crippen molar-refractivity contribution in [2.24, 2.45) is 0 Å². The van der Waals surface area contributed by atoms with Crippen LogP contribution in [0.5, 0.6) is 5.88 Å². The Bertz CT molecular complexity index is 906. The predicted molar refractivity (Wildman–Crippen MR) is 83.0 cm³/mol. The summed E-state index contributed by atoms with van der Waals surface area (Å²) in [5, 5.41) is 13.6. The maximum absolute atomic E-state index is 5.36. The molecule has 2 N–H and O–H groups in total. The molecule has 0 aliphatic carbocycles. The van der Waals surface area contributed by atoms with E-state index in [4.69, 9.17) is 4.74 Å². The number of para-hydroxylation sites is 1. The van der Waals surface area contributed by atoms with Gasteiger partial charge in [0.15, 0.2) is 4.96 Å². The van der Waals surface area contributed by atoms with Crippen molar-refractivity contribution in [1.82, 2.24) is 19.6 Å². The summed E-state index contributed by atoms with van der Waals surface area (Å²) in [6.07, 6.45) is 3.82. The first-order valence-electron chi connectivity index (χ1n) is 6.51. The van der Waals surface area contributed by atoms with E-state index in [-0.39, 0.29) is 0 Å². The van der Waals surface area contributed by atoms with Crippen LogP contribution in [0, 0.1) is 0 Å². The second-order valence-corrected chi connectivity index (χ2v) is 5.49. The zero-order chi connectivity index (χ0) is 14.2. The average Bonchev–Trinajstić information content (AvgIpc) is 3.20. The van der Waals surface area contributed by atoms with Crippen molar-refractivity contribution in [3.63, 3.8) is 0 Å². The summed E-state index contributed by atoms with van der Waals surface area (Å²) >= 11 is 1.59. The predicted octanol–water partition coefficient (Wildman–Crippen LogP) is 2.89. The van der Waals surface area contributed by atoms with E-state index in [2.05, 4.69) is 20.5 Å². The van der Waals surface area contributed by atoms with Gasteiger partial charge < -0.3 is 10.1 Å². The lowest BCUT2D eigenvalue weighted by atomic mass is 10.2. The molecule has 0 saturated heterocycles. The Hall–Kier alpha value is -2.54. The Morgan fingerprint density at radius 2 is 2.38 bits per heavy atom. The van der Waals surface area contributed by atoms with Crippen LogP contribution < -0.4 is 10.1 Å². The van der Waals surface area contributed by atoms with Crippen LogP contribution in [0.15, 0.2) is 36.0 Å². The summed E-state index contributed by atoms with van der Waals surface area (Å²) in [5.41, 5.74) is 3.02. The topological polar surface area (TPSA) is 67.2 Å². The molecule has 3 aromatic heterocycles. The molecule has 0 bridgehead atoms. The molecule has 0 unspecified atom stereocenters. The Labute approximate surface area is 124 Å². The maximum atomic E-state index is 5.36. The summed E-state index contributed by atoms with van der Waals surface area (Å²) < 4.78 is 7.41. The summed E-state index contributed by atoms with van der Waals surface area (Å²) in [4.78, 5) is 5.39. The monoisotopic (exact) mass is 299 g/mol. The molecule has 0 fully saturated rings. The molecular weight excluding hydrogens is 286 g/mol. The second-order valence-electron chi connectivity index (χ2n) is 4.62. The van der Waals surface area contributed by atoms with Gasteiger partial charge in [0.05, 0.1) is 31.1 Å². The van der Waals surface area contributed by atoms with E-state index < -0.39 is 0 Å². The maximum Gasteiger partial charge on any atom is 0.238 e. The highest BCUT2D eigenvalue weighted by Gasteiger charge is 2.13. The smallest absolute Gasteiger partial charge is 0.238 e. The van der Waals surface area contributed by atoms with Crippen molar-refractivity contribution in [2.75, 3.05) is 12.4 Å². The van der Waals surface area contributed by atoms with E-state index >= 15 is 0 Å². The van der Waals surface area contributed by atoms with Gasteiger partial charge in [0.2, 0.25) is 5.88 Å². The molecule has 7 heteroatoms. The molecule has 3 heterocycles. The fourth-order valence-electron chi connectivity index (χ4n) is 2.43. The van der Waals surface area contributed by atoms with Gasteiger partial charge in [-0.3, -0.25) is 9.50 Å². The number of hydrogen-bond acceptors (Lipinski definition) is 5. The first-order valence-corrected chi connectivity index (χ1v) is 7.39. The van der Waals surface area contributed by atoms with E-state index in [1.54, 1.807) is 18.4 Å². The Morgan fingerprint density at radius 3 is 3.29 bits per heavy atom. The number of aromatic amines is 1. The molecule has 21 heavy (non-hydrogen) atoms. The highest BCUT2D eigenvalue weighted by molar-refractivity contribution is 7.15. The van der Waals surface area contributed by atoms with Gasteiger partial charge in [-0.05, 0) is 6.07 Å². The molecule has 0 aliphatic heterocycles. The van der Waals surface area contributed by atoms with Crippen molar-refractivity contribution in [3.05, 3.63) is 41.7 Å². The fraction of sp³-hybridized carbons (Fsp3) is 0.143. The number of nitrogens with zero attached hydrogens (tertiary/aromatic N) is 3. The first kappa shape index (κ1) is 12.2. The van der Waals surface area contributed by atoms with Gasteiger partial charge in [0.25, 0.3) is 0 Å². The van der Waals surface area contributed by atoms with Gasteiger partial charge >= 0.3 is 0 Å². The van der Waals surface area contributed by atoms with Gasteiger partial charge in [-0.1, -0.05) is 12.1 Å². The number of imidazole rings is 1. The van der Waals surface area contributed by atoms with Crippen LogP contribution in [0.4, 0.5) is 5.69 Å². The number of thiazole rings is 1. The van der Waals surface area contributed by atoms with Crippen LogP contribution in [0.2, 0.25) is 0 Å². The number of fused-ring (bicyclic) bond motifs is 2. The van der Waals surface area contributed by atoms with Gasteiger partial charge in [-0.2, -0.15) is 10.1 Å². The summed E-state index contributed by atoms with van der Waals surface area (Å²) in [6, 6.07) is 6.06. The molecule has 6 nitrogen and oxygen atoms in total. The molecular formula is C14H13N5OS. The van der Waals surface area contributed by atoms with Gasteiger partial charge in [-0.15, -0.1) is 11.3 Å². The average molecular weight is 299 g/mol. The van der Waals surface area contributed by atoms with E-state index in [1.807, 2.05) is 40.4 Å². The van der Waals surface area contributed by atoms with E-state index in [0.29, 0.717) is 12.4 Å². The zero-order valence-corrected chi connectivity index (χ0v) is 12.1. The van der Waals surface area contributed by atoms with Crippen molar-refractivity contribution in [3.8, 4) is 5.88 Å². The van der Waals surface area contributed by atoms with Crippen LogP contribution in [0.25, 0.3) is 15.9 Å². The summed E-state index contributed by atoms with van der Waals surface area (Å²) in [7, 11) is 1.64. The van der Waals surface area contributed by atoms with Crippen molar-refractivity contribution >= 4 is 32.9 Å². The number of aromatic nitrogens is 4. The lowest BCUT2D eigenvalue weighted by Gasteiger charge is -2.08. The number of nitrogens with one attached hydrogen (secondary N) is 2. The second kappa shape index (κ2) is 4.78. The number of ether oxygens (including phenoxy) is 1. The molecule has 4 rings (SSSR count). The minimum Gasteiger partial charge on any atom is -0.480 e. The van der Waals surface area contributed by atoms with E-state index in [1.165, 1.54) is 0 Å². The minimum atomic E-state index is 0.624. The summed E-state index contributed by atoms with van der Waals surface area (Å²) in [6.45, 7) is 0.624. The highest BCUT2D eigenvalue weighted by Crippen LogP contribution is 2.26. The Morgan fingerprint density at radius 1 is 1.43 bits per heavy atom. The lowest BCUT2D eigenvalue weighted by molar-refractivity contribution is 0.395. The number of methoxy groups -OCH3 is 1. The molecule has 1 aromatic carbocycles.